The third-order valence-corrected chi connectivity index (χ3v) is 2.79. The molecule has 0 amide bonds. The first-order valence-corrected chi connectivity index (χ1v) is 6.54. The summed E-state index contributed by atoms with van der Waals surface area (Å²) in [6, 6.07) is 4.60. The number of phenolic OH excluding ortho intramolecular Hbond substituents is 1. The van der Waals surface area contributed by atoms with Crippen molar-refractivity contribution < 1.29 is 19.9 Å². The molecule has 23 heavy (non-hydrogen) atoms. The Hall–Kier alpha value is -3.36. The Balaban J connectivity index is 2.32. The van der Waals surface area contributed by atoms with Crippen LogP contribution in [0.15, 0.2) is 23.0 Å². The van der Waals surface area contributed by atoms with Gasteiger partial charge in [0.05, 0.1) is 11.5 Å². The molecule has 0 atom stereocenters. The smallest absolute Gasteiger partial charge is 0.395 e. The normalized spacial score (nSPS) is 10.8. The van der Waals surface area contributed by atoms with Gasteiger partial charge in [-0.05, 0) is 30.7 Å². The molecule has 3 N–H and O–H groups in total. The maximum absolute atomic E-state index is 11.5. The molecule has 0 aliphatic heterocycles. The van der Waals surface area contributed by atoms with E-state index in [-0.39, 0.29) is 11.6 Å². The molecule has 0 saturated heterocycles. The summed E-state index contributed by atoms with van der Waals surface area (Å²) in [7, 11) is 0. The van der Waals surface area contributed by atoms with E-state index in [0.29, 0.717) is 17.9 Å². The van der Waals surface area contributed by atoms with Gasteiger partial charge in [0, 0.05) is 0 Å². The number of hydrogen-bond donors (Lipinski definition) is 3. The van der Waals surface area contributed by atoms with E-state index in [1.807, 2.05) is 0 Å². The maximum Gasteiger partial charge on any atom is 0.395 e. The Morgan fingerprint density at radius 2 is 2.13 bits per heavy atom. The van der Waals surface area contributed by atoms with Crippen molar-refractivity contribution in [3.8, 4) is 17.4 Å². The van der Waals surface area contributed by atoms with Crippen molar-refractivity contribution in [1.29, 1.82) is 0 Å². The molecule has 0 fully saturated rings. The molecule has 9 heteroatoms. The molecular weight excluding hydrogens is 306 g/mol. The van der Waals surface area contributed by atoms with Crippen molar-refractivity contribution >= 4 is 17.8 Å². The lowest BCUT2D eigenvalue weighted by molar-refractivity contribution is -0.387. The Kier molecular flexibility index (Phi) is 4.60. The summed E-state index contributed by atoms with van der Waals surface area (Å²) in [5, 5.41) is 29.6. The van der Waals surface area contributed by atoms with Gasteiger partial charge >= 0.3 is 11.2 Å². The average molecular weight is 319 g/mol. The highest BCUT2D eigenvalue weighted by molar-refractivity contribution is 5.68. The predicted octanol–water partition coefficient (Wildman–Crippen LogP) is 1.66. The number of nitrogens with zero attached hydrogens (tertiary/aromatic N) is 2. The third kappa shape index (κ3) is 3.64. The van der Waals surface area contributed by atoms with Crippen LogP contribution in [0.5, 0.6) is 17.4 Å². The lowest BCUT2D eigenvalue weighted by atomic mass is 10.2. The lowest BCUT2D eigenvalue weighted by Gasteiger charge is -2.06. The van der Waals surface area contributed by atoms with Gasteiger partial charge in [-0.25, -0.2) is 0 Å². The van der Waals surface area contributed by atoms with E-state index >= 15 is 0 Å². The van der Waals surface area contributed by atoms with E-state index < -0.39 is 22.0 Å². The van der Waals surface area contributed by atoms with Crippen molar-refractivity contribution in [2.24, 2.45) is 0 Å². The Morgan fingerprint density at radius 3 is 2.74 bits per heavy atom. The zero-order chi connectivity index (χ0) is 17.0. The molecule has 0 aliphatic rings. The van der Waals surface area contributed by atoms with E-state index in [9.17, 15) is 25.1 Å². The minimum absolute atomic E-state index is 0.0106. The number of H-pyrrole nitrogens is 1. The number of aromatic hydroxyl groups is 2. The topological polar surface area (TPSA) is 139 Å². The molecule has 1 aromatic heterocycles. The van der Waals surface area contributed by atoms with Crippen LogP contribution in [0.4, 0.5) is 5.69 Å². The predicted molar refractivity (Wildman–Crippen MR) is 81.4 cm³/mol. The number of nitro groups is 1. The number of aromatic nitrogens is 2. The first-order chi connectivity index (χ1) is 10.9. The van der Waals surface area contributed by atoms with Crippen LogP contribution in [-0.4, -0.2) is 31.7 Å². The van der Waals surface area contributed by atoms with Crippen molar-refractivity contribution in [1.82, 2.24) is 9.97 Å². The number of benzene rings is 1. The Morgan fingerprint density at radius 1 is 1.39 bits per heavy atom. The highest BCUT2D eigenvalue weighted by Crippen LogP contribution is 2.27. The van der Waals surface area contributed by atoms with E-state index in [4.69, 9.17) is 4.74 Å². The van der Waals surface area contributed by atoms with E-state index in [0.717, 1.165) is 0 Å². The maximum atomic E-state index is 11.5. The number of aromatic amines is 1. The van der Waals surface area contributed by atoms with Gasteiger partial charge in [-0.3, -0.25) is 14.9 Å². The lowest BCUT2D eigenvalue weighted by Crippen LogP contribution is -2.14. The fourth-order valence-electron chi connectivity index (χ4n) is 1.80. The fraction of sp³-hybridized carbons (Fsp3) is 0.143. The Bertz CT molecular complexity index is 828. The van der Waals surface area contributed by atoms with Crippen molar-refractivity contribution in [3.63, 3.8) is 0 Å². The van der Waals surface area contributed by atoms with Gasteiger partial charge in [-0.15, -0.1) is 0 Å². The zero-order valence-electron chi connectivity index (χ0n) is 12.0. The van der Waals surface area contributed by atoms with Crippen LogP contribution >= 0.6 is 0 Å². The number of ether oxygens (including phenoxy) is 1. The quantitative estimate of drug-likeness (QED) is 0.562. The second kappa shape index (κ2) is 6.60. The van der Waals surface area contributed by atoms with Crippen molar-refractivity contribution in [2.75, 3.05) is 6.61 Å². The highest BCUT2D eigenvalue weighted by atomic mass is 16.6. The van der Waals surface area contributed by atoms with Crippen molar-refractivity contribution in [2.45, 2.75) is 6.92 Å². The molecule has 0 bridgehead atoms. The Labute approximate surface area is 129 Å². The summed E-state index contributed by atoms with van der Waals surface area (Å²) in [6.07, 6.45) is 2.89. The van der Waals surface area contributed by atoms with Gasteiger partial charge in [0.25, 0.3) is 5.88 Å². The van der Waals surface area contributed by atoms with Gasteiger partial charge in [0.1, 0.15) is 5.82 Å². The molecule has 1 heterocycles. The van der Waals surface area contributed by atoms with Gasteiger partial charge in [0.15, 0.2) is 11.5 Å². The largest absolute Gasteiger partial charge is 0.504 e. The molecule has 0 aliphatic carbocycles. The van der Waals surface area contributed by atoms with Gasteiger partial charge in [-0.1, -0.05) is 12.1 Å². The second-order valence-corrected chi connectivity index (χ2v) is 4.37. The summed E-state index contributed by atoms with van der Waals surface area (Å²) in [4.78, 5) is 26.8. The minimum atomic E-state index is -1.05. The standard InChI is InChI=1S/C14H13N3O6/c1-2-23-10-7-8(3-5-9(10)18)4-6-11-15-13(19)12(17(21)22)14(20)16-11/h3-7,18H,2H2,1H3,(H2,15,16,19,20). The van der Waals surface area contributed by atoms with Crippen LogP contribution in [0.3, 0.4) is 0 Å². The SMILES string of the molecule is CCOc1cc(C=Cc2nc(O)c([N+](=O)[O-])c(=O)[nH]2)ccc1O. The van der Waals surface area contributed by atoms with E-state index in [1.165, 1.54) is 18.2 Å². The van der Waals surface area contributed by atoms with Gasteiger partial charge in [0.2, 0.25) is 0 Å². The molecule has 120 valence electrons. The molecule has 0 unspecified atom stereocenters. The number of rotatable bonds is 5. The molecule has 1 aromatic carbocycles. The number of nitrogens with one attached hydrogen (secondary N) is 1. The number of phenols is 1. The van der Waals surface area contributed by atoms with Crippen molar-refractivity contribution in [3.05, 3.63) is 50.1 Å². The van der Waals surface area contributed by atoms with E-state index in [1.54, 1.807) is 19.1 Å². The van der Waals surface area contributed by atoms with Gasteiger partial charge < -0.3 is 19.9 Å². The summed E-state index contributed by atoms with van der Waals surface area (Å²) >= 11 is 0. The summed E-state index contributed by atoms with van der Waals surface area (Å²) in [5.41, 5.74) is -1.43. The fourth-order valence-corrected chi connectivity index (χ4v) is 1.80. The van der Waals surface area contributed by atoms with Crippen LogP contribution in [0.1, 0.15) is 18.3 Å². The highest BCUT2D eigenvalue weighted by Gasteiger charge is 2.21. The first kappa shape index (κ1) is 16.0. The second-order valence-electron chi connectivity index (χ2n) is 4.37. The molecule has 0 saturated carbocycles. The molecule has 9 nitrogen and oxygen atoms in total. The van der Waals surface area contributed by atoms with Gasteiger partial charge in [-0.2, -0.15) is 4.98 Å². The monoisotopic (exact) mass is 319 g/mol. The summed E-state index contributed by atoms with van der Waals surface area (Å²) in [5.74, 6) is -0.727. The molecular formula is C14H13N3O6. The third-order valence-electron chi connectivity index (χ3n) is 2.79. The van der Waals surface area contributed by atoms with Crippen LogP contribution in [0.2, 0.25) is 0 Å². The van der Waals surface area contributed by atoms with Crippen LogP contribution < -0.4 is 10.3 Å². The van der Waals surface area contributed by atoms with Crippen LogP contribution in [0.25, 0.3) is 12.2 Å². The molecule has 0 radical (unpaired) electrons. The van der Waals surface area contributed by atoms with Crippen LogP contribution in [0, 0.1) is 10.1 Å². The molecule has 2 aromatic rings. The summed E-state index contributed by atoms with van der Waals surface area (Å²) in [6.45, 7) is 2.15. The average Bonchev–Trinajstić information content (AvgIpc) is 2.47. The van der Waals surface area contributed by atoms with Crippen LogP contribution in [-0.2, 0) is 0 Å². The zero-order valence-corrected chi connectivity index (χ0v) is 12.0. The van der Waals surface area contributed by atoms with E-state index in [2.05, 4.69) is 9.97 Å². The first-order valence-electron chi connectivity index (χ1n) is 6.54. The minimum Gasteiger partial charge on any atom is -0.504 e. The molecule has 2 rings (SSSR count). The number of hydrogen-bond acceptors (Lipinski definition) is 7. The molecule has 0 spiro atoms. The summed E-state index contributed by atoms with van der Waals surface area (Å²) < 4.78 is 5.24.